The summed E-state index contributed by atoms with van der Waals surface area (Å²) in [5.41, 5.74) is 2.23. The maximum absolute atomic E-state index is 12.9. The van der Waals surface area contributed by atoms with Crippen LogP contribution in [0.15, 0.2) is 67.9 Å². The first-order chi connectivity index (χ1) is 14.5. The predicted molar refractivity (Wildman–Crippen MR) is 116 cm³/mol. The van der Waals surface area contributed by atoms with Gasteiger partial charge in [-0.15, -0.1) is 0 Å². The Bertz CT molecular complexity index is 1350. The zero-order valence-corrected chi connectivity index (χ0v) is 17.3. The van der Waals surface area contributed by atoms with E-state index in [1.54, 1.807) is 35.1 Å². The molecule has 4 aromatic rings. The van der Waals surface area contributed by atoms with E-state index in [1.807, 2.05) is 37.3 Å². The molecule has 6 nitrogen and oxygen atoms in total. The fourth-order valence-electron chi connectivity index (χ4n) is 3.32. The SMILES string of the molecule is Cc1c(-c2ccccc2)oc2c(C(=O)OCCn3c(C)csc3=O)cccc2c1=O. The van der Waals surface area contributed by atoms with Gasteiger partial charge in [-0.1, -0.05) is 47.7 Å². The molecule has 0 saturated heterocycles. The van der Waals surface area contributed by atoms with Gasteiger partial charge in [0.15, 0.2) is 11.0 Å². The summed E-state index contributed by atoms with van der Waals surface area (Å²) in [4.78, 5) is 37.3. The van der Waals surface area contributed by atoms with Gasteiger partial charge < -0.3 is 9.15 Å². The third kappa shape index (κ3) is 3.59. The van der Waals surface area contributed by atoms with Crippen LogP contribution in [0.5, 0.6) is 0 Å². The van der Waals surface area contributed by atoms with Crippen molar-refractivity contribution in [3.05, 3.63) is 90.6 Å². The molecule has 0 saturated carbocycles. The number of hydrogen-bond donors (Lipinski definition) is 0. The minimum absolute atomic E-state index is 0.0360. The lowest BCUT2D eigenvalue weighted by atomic mass is 10.0. The van der Waals surface area contributed by atoms with Crippen molar-refractivity contribution in [3.8, 4) is 11.3 Å². The number of hydrogen-bond acceptors (Lipinski definition) is 6. The summed E-state index contributed by atoms with van der Waals surface area (Å²) in [5, 5.41) is 2.09. The molecule has 0 radical (unpaired) electrons. The van der Waals surface area contributed by atoms with E-state index < -0.39 is 5.97 Å². The Morgan fingerprint density at radius 1 is 1.07 bits per heavy atom. The Kier molecular flexibility index (Phi) is 5.37. The van der Waals surface area contributed by atoms with Crippen LogP contribution < -0.4 is 10.3 Å². The molecule has 0 aliphatic heterocycles. The van der Waals surface area contributed by atoms with E-state index in [-0.39, 0.29) is 34.6 Å². The third-order valence-corrected chi connectivity index (χ3v) is 5.81. The monoisotopic (exact) mass is 421 g/mol. The lowest BCUT2D eigenvalue weighted by molar-refractivity contribution is 0.0491. The van der Waals surface area contributed by atoms with E-state index in [4.69, 9.17) is 9.15 Å². The van der Waals surface area contributed by atoms with Crippen molar-refractivity contribution in [3.63, 3.8) is 0 Å². The molecule has 0 spiro atoms. The maximum atomic E-state index is 12.9. The third-order valence-electron chi connectivity index (χ3n) is 4.93. The number of ether oxygens (including phenoxy) is 1. The van der Waals surface area contributed by atoms with E-state index >= 15 is 0 Å². The molecule has 0 aliphatic carbocycles. The molecule has 0 N–H and O–H groups in total. The molecule has 0 fully saturated rings. The van der Waals surface area contributed by atoms with Crippen LogP contribution in [0.25, 0.3) is 22.3 Å². The first-order valence-corrected chi connectivity index (χ1v) is 10.3. The summed E-state index contributed by atoms with van der Waals surface area (Å²) >= 11 is 1.11. The molecule has 0 bridgehead atoms. The number of carbonyl (C=O) groups is 1. The molecule has 4 rings (SSSR count). The summed E-state index contributed by atoms with van der Waals surface area (Å²) in [6.45, 7) is 3.84. The molecule has 30 heavy (non-hydrogen) atoms. The molecule has 0 aliphatic rings. The highest BCUT2D eigenvalue weighted by molar-refractivity contribution is 7.07. The van der Waals surface area contributed by atoms with Crippen molar-refractivity contribution >= 4 is 28.3 Å². The number of carbonyl (C=O) groups excluding carboxylic acids is 1. The highest BCUT2D eigenvalue weighted by atomic mass is 32.1. The molecule has 2 aromatic carbocycles. The first kappa shape index (κ1) is 19.8. The second-order valence-corrected chi connectivity index (χ2v) is 7.68. The number of esters is 1. The smallest absolute Gasteiger partial charge is 0.342 e. The van der Waals surface area contributed by atoms with Crippen LogP contribution in [0.3, 0.4) is 0 Å². The van der Waals surface area contributed by atoms with Gasteiger partial charge in [-0.25, -0.2) is 4.79 Å². The molecule has 0 amide bonds. The van der Waals surface area contributed by atoms with Crippen LogP contribution >= 0.6 is 11.3 Å². The molecule has 0 unspecified atom stereocenters. The largest absolute Gasteiger partial charge is 0.460 e. The zero-order chi connectivity index (χ0) is 21.3. The molecule has 7 heteroatoms. The number of para-hydroxylation sites is 1. The number of thiazole rings is 1. The van der Waals surface area contributed by atoms with Gasteiger partial charge >= 0.3 is 10.8 Å². The highest BCUT2D eigenvalue weighted by Gasteiger charge is 2.19. The summed E-state index contributed by atoms with van der Waals surface area (Å²) < 4.78 is 13.0. The van der Waals surface area contributed by atoms with Gasteiger partial charge in [0.1, 0.15) is 17.9 Å². The van der Waals surface area contributed by atoms with Gasteiger partial charge in [0.25, 0.3) is 0 Å². The number of benzene rings is 2. The van der Waals surface area contributed by atoms with E-state index in [0.29, 0.717) is 16.7 Å². The fraction of sp³-hybridized carbons (Fsp3) is 0.174. The maximum Gasteiger partial charge on any atom is 0.342 e. The molecular weight excluding hydrogens is 402 g/mol. The Morgan fingerprint density at radius 2 is 1.83 bits per heavy atom. The number of rotatable bonds is 5. The number of aryl methyl sites for hydroxylation is 1. The quantitative estimate of drug-likeness (QED) is 0.452. The van der Waals surface area contributed by atoms with Crippen LogP contribution in [0, 0.1) is 13.8 Å². The van der Waals surface area contributed by atoms with Crippen LogP contribution in [-0.4, -0.2) is 17.1 Å². The topological polar surface area (TPSA) is 78.5 Å². The van der Waals surface area contributed by atoms with E-state index in [1.165, 1.54) is 0 Å². The predicted octanol–water partition coefficient (Wildman–Crippen LogP) is 4.16. The average molecular weight is 421 g/mol. The van der Waals surface area contributed by atoms with Crippen LogP contribution in [-0.2, 0) is 11.3 Å². The highest BCUT2D eigenvalue weighted by Crippen LogP contribution is 2.27. The van der Waals surface area contributed by atoms with Crippen molar-refractivity contribution in [1.29, 1.82) is 0 Å². The second kappa shape index (κ2) is 8.12. The van der Waals surface area contributed by atoms with Crippen LogP contribution in [0.4, 0.5) is 0 Å². The Hall–Kier alpha value is -3.45. The number of nitrogens with zero attached hydrogens (tertiary/aromatic N) is 1. The van der Waals surface area contributed by atoms with Crippen molar-refractivity contribution < 1.29 is 13.9 Å². The number of aromatic nitrogens is 1. The zero-order valence-electron chi connectivity index (χ0n) is 16.5. The number of fused-ring (bicyclic) bond motifs is 1. The lowest BCUT2D eigenvalue weighted by Crippen LogP contribution is -2.19. The minimum Gasteiger partial charge on any atom is -0.460 e. The summed E-state index contributed by atoms with van der Waals surface area (Å²) in [5.74, 6) is -0.179. The van der Waals surface area contributed by atoms with Gasteiger partial charge in [-0.2, -0.15) is 0 Å². The van der Waals surface area contributed by atoms with Gasteiger partial charge in [0.2, 0.25) is 0 Å². The van der Waals surface area contributed by atoms with Crippen LogP contribution in [0.2, 0.25) is 0 Å². The van der Waals surface area contributed by atoms with E-state index in [0.717, 1.165) is 22.6 Å². The van der Waals surface area contributed by atoms with Gasteiger partial charge in [-0.3, -0.25) is 14.2 Å². The van der Waals surface area contributed by atoms with Gasteiger partial charge in [-0.05, 0) is 26.0 Å². The second-order valence-electron chi connectivity index (χ2n) is 6.86. The Labute approximate surface area is 176 Å². The van der Waals surface area contributed by atoms with Gasteiger partial charge in [0, 0.05) is 22.2 Å². The van der Waals surface area contributed by atoms with Crippen LogP contribution in [0.1, 0.15) is 21.6 Å². The Balaban J connectivity index is 1.68. The lowest BCUT2D eigenvalue weighted by Gasteiger charge is -2.11. The normalized spacial score (nSPS) is 11.0. The fourth-order valence-corrected chi connectivity index (χ4v) is 4.08. The molecular formula is C23H19NO5S. The minimum atomic E-state index is -0.604. The molecule has 2 heterocycles. The van der Waals surface area contributed by atoms with Crippen molar-refractivity contribution in [2.75, 3.05) is 6.61 Å². The van der Waals surface area contributed by atoms with Crippen molar-refractivity contribution in [2.24, 2.45) is 0 Å². The van der Waals surface area contributed by atoms with Crippen molar-refractivity contribution in [1.82, 2.24) is 4.57 Å². The van der Waals surface area contributed by atoms with Crippen molar-refractivity contribution in [2.45, 2.75) is 20.4 Å². The van der Waals surface area contributed by atoms with E-state index in [2.05, 4.69) is 0 Å². The summed E-state index contributed by atoms with van der Waals surface area (Å²) in [7, 11) is 0. The summed E-state index contributed by atoms with van der Waals surface area (Å²) in [6.07, 6.45) is 0. The average Bonchev–Trinajstić information content (AvgIpc) is 3.08. The van der Waals surface area contributed by atoms with Gasteiger partial charge in [0.05, 0.1) is 11.9 Å². The molecule has 152 valence electrons. The first-order valence-electron chi connectivity index (χ1n) is 9.41. The van der Waals surface area contributed by atoms with E-state index in [9.17, 15) is 14.4 Å². The Morgan fingerprint density at radius 3 is 2.53 bits per heavy atom. The summed E-state index contributed by atoms with van der Waals surface area (Å²) in [6, 6.07) is 14.1. The molecule has 0 atom stereocenters. The molecule has 2 aromatic heterocycles. The standard InChI is InChI=1S/C23H19NO5S/c1-14-13-30-23(27)24(14)11-12-28-22(26)18-10-6-9-17-19(25)15(2)20(29-21(17)18)16-7-4-3-5-8-16/h3-10,13H,11-12H2,1-2H3.